The summed E-state index contributed by atoms with van der Waals surface area (Å²) in [5.74, 6) is -0.291. The average Bonchev–Trinajstić information content (AvgIpc) is 0.779. The van der Waals surface area contributed by atoms with Gasteiger partial charge >= 0.3 is 0 Å². The maximum Gasteiger partial charge on any atom is 0.220 e. The highest BCUT2D eigenvalue weighted by Crippen LogP contribution is 2.33. The molecule has 0 aromatic carbocycles. The molecular weight excluding hydrogens is 1370 g/mol. The van der Waals surface area contributed by atoms with Gasteiger partial charge in [-0.2, -0.15) is 0 Å². The van der Waals surface area contributed by atoms with Gasteiger partial charge in [-0.15, -0.1) is 0 Å². The third kappa shape index (κ3) is 46.4. The average molecular weight is 1530 g/mol. The number of hydrogen-bond acceptors (Lipinski definition) is 18. The Balaban J connectivity index is 1.36. The number of carbonyl (C=O) groups excluding carboxylic acids is 1. The summed E-state index contributed by atoms with van der Waals surface area (Å²) in [6, 6.07) is -1.01. The number of aliphatic hydroxyl groups excluding tert-OH is 11. The first-order chi connectivity index (χ1) is 52.8. The summed E-state index contributed by atoms with van der Waals surface area (Å²) in [6.07, 6.45) is 69.0. The molecule has 0 spiro atoms. The van der Waals surface area contributed by atoms with Crippen molar-refractivity contribution >= 4 is 5.91 Å². The van der Waals surface area contributed by atoms with Gasteiger partial charge in [-0.25, -0.2) is 0 Å². The fourth-order valence-corrected chi connectivity index (χ4v) is 13.7. The van der Waals surface area contributed by atoms with Gasteiger partial charge < -0.3 is 89.9 Å². The highest BCUT2D eigenvalue weighted by atomic mass is 16.8. The van der Waals surface area contributed by atoms with E-state index in [0.717, 1.165) is 103 Å². The zero-order valence-corrected chi connectivity index (χ0v) is 66.8. The molecule has 0 radical (unpaired) electrons. The molecule has 17 unspecified atom stereocenters. The van der Waals surface area contributed by atoms with E-state index in [4.69, 9.17) is 28.4 Å². The molecule has 3 fully saturated rings. The van der Waals surface area contributed by atoms with Crippen molar-refractivity contribution in [3.05, 3.63) is 122 Å². The number of nitrogens with one attached hydrogen (secondary N) is 1. The summed E-state index contributed by atoms with van der Waals surface area (Å²) in [6.45, 7) is 1.62. The summed E-state index contributed by atoms with van der Waals surface area (Å²) in [4.78, 5) is 13.5. The van der Waals surface area contributed by atoms with Crippen molar-refractivity contribution in [2.45, 2.75) is 407 Å². The van der Waals surface area contributed by atoms with E-state index in [9.17, 15) is 61.0 Å². The van der Waals surface area contributed by atoms with E-state index in [1.807, 2.05) is 6.08 Å². The van der Waals surface area contributed by atoms with Crippen LogP contribution in [0, 0.1) is 0 Å². The topological polar surface area (TPSA) is 307 Å². The van der Waals surface area contributed by atoms with Crippen LogP contribution in [0.3, 0.4) is 0 Å². The van der Waals surface area contributed by atoms with Gasteiger partial charge in [0.05, 0.1) is 38.6 Å². The second-order valence-corrected chi connectivity index (χ2v) is 29.9. The van der Waals surface area contributed by atoms with Crippen molar-refractivity contribution in [3.63, 3.8) is 0 Å². The summed E-state index contributed by atoms with van der Waals surface area (Å²) in [7, 11) is 0. The van der Waals surface area contributed by atoms with Crippen LogP contribution in [0.5, 0.6) is 0 Å². The lowest BCUT2D eigenvalue weighted by Gasteiger charge is -2.48. The van der Waals surface area contributed by atoms with E-state index in [1.54, 1.807) is 6.08 Å². The Bertz CT molecular complexity index is 2420. The quantitative estimate of drug-likeness (QED) is 0.0199. The summed E-state index contributed by atoms with van der Waals surface area (Å²) >= 11 is 0. The standard InChI is InChI=1S/C89H153NO18/c1-3-5-7-9-11-13-15-17-19-21-23-25-27-29-31-32-33-34-35-36-37-38-39-40-41-43-45-47-49-51-53-55-57-59-61-63-65-67-77(95)90-72(73(94)66-64-62-60-58-56-54-52-50-48-46-44-42-30-28-26-24-22-20-18-16-14-12-10-8-6-4-2)71-103-87-83(101)80(98)85(75(69-92)105-87)108-89-84(102)81(99)86(76(70-93)106-89)107-88-82(100)79(97)78(96)74(68-91)104-88/h5,7,11,13,17,19,23,25,29,31,33-34,36-37,48,50,56,58,64,66,72-76,78-89,91-94,96-102H,3-4,6,8-10,12,14-16,18,20-22,24,26-28,30,32,35,38-47,49,51-55,57,59-63,65,67-71H2,1-2H3,(H,90,95)/b7-5-,13-11-,19-17-,25-23-,31-29-,34-33-,37-36-,50-48+,58-56+,66-64+. The van der Waals surface area contributed by atoms with E-state index in [2.05, 4.69) is 129 Å². The van der Waals surface area contributed by atoms with Crippen LogP contribution in [-0.4, -0.2) is 193 Å². The van der Waals surface area contributed by atoms with Crippen LogP contribution in [0.25, 0.3) is 0 Å². The minimum atomic E-state index is -1.99. The first kappa shape index (κ1) is 98.4. The Kier molecular flexibility index (Phi) is 61.6. The molecule has 0 aromatic rings. The number of ether oxygens (including phenoxy) is 6. The largest absolute Gasteiger partial charge is 0.394 e. The van der Waals surface area contributed by atoms with Crippen LogP contribution in [0.15, 0.2) is 122 Å². The lowest BCUT2D eigenvalue weighted by molar-refractivity contribution is -0.379. The zero-order chi connectivity index (χ0) is 78.1. The van der Waals surface area contributed by atoms with Crippen molar-refractivity contribution in [2.75, 3.05) is 26.4 Å². The van der Waals surface area contributed by atoms with Gasteiger partial charge in [0, 0.05) is 6.42 Å². The zero-order valence-electron chi connectivity index (χ0n) is 66.8. The second kappa shape index (κ2) is 67.7. The van der Waals surface area contributed by atoms with Crippen LogP contribution in [-0.2, 0) is 33.2 Å². The number of unbranched alkanes of at least 4 members (excludes halogenated alkanes) is 33. The number of allylic oxidation sites excluding steroid dienone is 19. The lowest BCUT2D eigenvalue weighted by atomic mass is 9.96. The van der Waals surface area contributed by atoms with Crippen molar-refractivity contribution < 1.29 is 89.4 Å². The normalized spacial score (nSPS) is 26.0. The van der Waals surface area contributed by atoms with Gasteiger partial charge in [0.1, 0.15) is 73.2 Å². The fraction of sp³-hybridized carbons (Fsp3) is 0.764. The van der Waals surface area contributed by atoms with Crippen LogP contribution < -0.4 is 5.32 Å². The molecule has 3 aliphatic rings. The predicted molar refractivity (Wildman–Crippen MR) is 433 cm³/mol. The summed E-state index contributed by atoms with van der Waals surface area (Å²) in [5, 5.41) is 121. The Morgan fingerprint density at radius 3 is 1.04 bits per heavy atom. The van der Waals surface area contributed by atoms with Gasteiger partial charge in [-0.3, -0.25) is 4.79 Å². The molecule has 19 nitrogen and oxygen atoms in total. The number of hydrogen-bond donors (Lipinski definition) is 12. The molecular formula is C89H153NO18. The summed E-state index contributed by atoms with van der Waals surface area (Å²) in [5.41, 5.74) is 0. The second-order valence-electron chi connectivity index (χ2n) is 29.9. The van der Waals surface area contributed by atoms with Crippen LogP contribution in [0.1, 0.15) is 303 Å². The Hall–Kier alpha value is -3.81. The lowest BCUT2D eigenvalue weighted by Crippen LogP contribution is -2.66. The molecule has 0 aliphatic carbocycles. The van der Waals surface area contributed by atoms with Crippen molar-refractivity contribution in [1.82, 2.24) is 5.32 Å². The first-order valence-corrected chi connectivity index (χ1v) is 42.8. The predicted octanol–water partition coefficient (Wildman–Crippen LogP) is 15.5. The van der Waals surface area contributed by atoms with Crippen molar-refractivity contribution in [1.29, 1.82) is 0 Å². The third-order valence-electron chi connectivity index (χ3n) is 20.5. The maximum absolute atomic E-state index is 13.5. The SMILES string of the molecule is CC/C=C\C/C=C\C/C=C\C/C=C\C/C=C\C/C=C\C/C=C\CCCCCCCCCCCCCCCCCC(=O)NC(COC1OC(CO)C(OC2OC(CO)C(OC3OC(CO)C(O)C(O)C3O)C(O)C2O)C(O)C1O)C(O)/C=C/CC/C=C/CC/C=C/CCCCCCCCCCCCCCCCCC. The van der Waals surface area contributed by atoms with E-state index >= 15 is 0 Å². The first-order valence-electron chi connectivity index (χ1n) is 42.8. The van der Waals surface area contributed by atoms with Gasteiger partial charge in [0.25, 0.3) is 0 Å². The number of amides is 1. The van der Waals surface area contributed by atoms with Crippen LogP contribution in [0.4, 0.5) is 0 Å². The van der Waals surface area contributed by atoms with Gasteiger partial charge in [-0.05, 0) is 103 Å². The van der Waals surface area contributed by atoms with Crippen LogP contribution >= 0.6 is 0 Å². The van der Waals surface area contributed by atoms with E-state index in [-0.39, 0.29) is 18.9 Å². The number of carbonyl (C=O) groups is 1. The molecule has 108 heavy (non-hydrogen) atoms. The minimum Gasteiger partial charge on any atom is -0.394 e. The van der Waals surface area contributed by atoms with E-state index in [0.29, 0.717) is 12.8 Å². The monoisotopic (exact) mass is 1520 g/mol. The highest BCUT2D eigenvalue weighted by Gasteiger charge is 2.54. The Labute approximate surface area is 652 Å². The fourth-order valence-electron chi connectivity index (χ4n) is 13.7. The van der Waals surface area contributed by atoms with Gasteiger partial charge in [0.15, 0.2) is 18.9 Å². The van der Waals surface area contributed by atoms with Crippen molar-refractivity contribution in [3.8, 4) is 0 Å². The summed E-state index contributed by atoms with van der Waals surface area (Å²) < 4.78 is 34.5. The molecule has 1 amide bonds. The Morgan fingerprint density at radius 1 is 0.343 bits per heavy atom. The molecule has 19 heteroatoms. The number of aliphatic hydroxyl groups is 11. The maximum atomic E-state index is 13.5. The Morgan fingerprint density at radius 2 is 0.648 bits per heavy atom. The van der Waals surface area contributed by atoms with E-state index in [1.165, 1.54) is 167 Å². The van der Waals surface area contributed by atoms with Crippen molar-refractivity contribution in [2.24, 2.45) is 0 Å². The molecule has 0 saturated carbocycles. The molecule has 12 N–H and O–H groups in total. The molecule has 0 bridgehead atoms. The van der Waals surface area contributed by atoms with Gasteiger partial charge in [-0.1, -0.05) is 315 Å². The molecule has 3 heterocycles. The van der Waals surface area contributed by atoms with E-state index < -0.39 is 124 Å². The molecule has 3 saturated heterocycles. The van der Waals surface area contributed by atoms with Crippen LogP contribution in [0.2, 0.25) is 0 Å². The molecule has 3 aliphatic heterocycles. The smallest absolute Gasteiger partial charge is 0.220 e. The molecule has 3 rings (SSSR count). The molecule has 622 valence electrons. The number of rotatable bonds is 67. The third-order valence-corrected chi connectivity index (χ3v) is 20.5. The molecule has 17 atom stereocenters. The minimum absolute atomic E-state index is 0.226. The van der Waals surface area contributed by atoms with Gasteiger partial charge in [0.2, 0.25) is 5.91 Å². The highest BCUT2D eigenvalue weighted by molar-refractivity contribution is 5.76. The molecule has 0 aromatic heterocycles.